The fourth-order valence-electron chi connectivity index (χ4n) is 0.955. The summed E-state index contributed by atoms with van der Waals surface area (Å²) in [5, 5.41) is 11.7. The maximum absolute atomic E-state index is 11.4. The van der Waals surface area contributed by atoms with E-state index in [2.05, 4.69) is 5.32 Å². The summed E-state index contributed by atoms with van der Waals surface area (Å²) in [7, 11) is 0. The summed E-state index contributed by atoms with van der Waals surface area (Å²) in [5.41, 5.74) is 5.35. The zero-order valence-corrected chi connectivity index (χ0v) is 9.34. The van der Waals surface area contributed by atoms with Gasteiger partial charge in [-0.2, -0.15) is 0 Å². The van der Waals surface area contributed by atoms with Crippen LogP contribution in [0.2, 0.25) is 0 Å². The summed E-state index contributed by atoms with van der Waals surface area (Å²) >= 11 is 0. The van der Waals surface area contributed by atoms with Gasteiger partial charge in [-0.3, -0.25) is 4.79 Å². The average Bonchev–Trinajstić information content (AvgIpc) is 2.15. The Morgan fingerprint density at radius 2 is 2.14 bits per heavy atom. The molecule has 0 spiro atoms. The molecule has 0 aromatic carbocycles. The lowest BCUT2D eigenvalue weighted by atomic mass is 9.95. The summed E-state index contributed by atoms with van der Waals surface area (Å²) in [5.74, 6) is -0.131. The molecule has 84 valence electrons. The molecule has 0 saturated heterocycles. The second-order valence-corrected chi connectivity index (χ2v) is 4.44. The standard InChI is InChI=1S/C10H22N2O2/c1-4-5-8(11)9(14)12-6-10(2,3)7-13/h8,13H,4-7,11H2,1-3H3,(H,12,14)/t8-/m1/s1. The number of hydrogen-bond donors (Lipinski definition) is 3. The van der Waals surface area contributed by atoms with Crippen molar-refractivity contribution in [1.29, 1.82) is 0 Å². The molecule has 0 aliphatic heterocycles. The minimum atomic E-state index is -0.422. The Morgan fingerprint density at radius 1 is 1.57 bits per heavy atom. The summed E-state index contributed by atoms with van der Waals surface area (Å²) in [6, 6.07) is -0.422. The highest BCUT2D eigenvalue weighted by Crippen LogP contribution is 2.11. The van der Waals surface area contributed by atoms with E-state index in [1.54, 1.807) is 0 Å². The van der Waals surface area contributed by atoms with Gasteiger partial charge in [0.25, 0.3) is 0 Å². The van der Waals surface area contributed by atoms with E-state index in [9.17, 15) is 4.79 Å². The molecule has 1 atom stereocenters. The van der Waals surface area contributed by atoms with Crippen LogP contribution in [-0.4, -0.2) is 30.2 Å². The predicted octanol–water partition coefficient (Wildman–Crippen LogP) is 0.249. The Hall–Kier alpha value is -0.610. The van der Waals surface area contributed by atoms with Gasteiger partial charge in [-0.25, -0.2) is 0 Å². The Kier molecular flexibility index (Phi) is 5.72. The van der Waals surface area contributed by atoms with Crippen LogP contribution in [0, 0.1) is 5.41 Å². The van der Waals surface area contributed by atoms with Crippen molar-refractivity contribution in [2.75, 3.05) is 13.2 Å². The molecule has 4 heteroatoms. The normalized spacial score (nSPS) is 13.8. The Morgan fingerprint density at radius 3 is 2.57 bits per heavy atom. The van der Waals surface area contributed by atoms with Crippen molar-refractivity contribution in [2.45, 2.75) is 39.7 Å². The summed E-state index contributed by atoms with van der Waals surface area (Å²) in [6.07, 6.45) is 1.60. The van der Waals surface area contributed by atoms with Crippen molar-refractivity contribution in [2.24, 2.45) is 11.1 Å². The molecular weight excluding hydrogens is 180 g/mol. The second-order valence-electron chi connectivity index (χ2n) is 4.44. The van der Waals surface area contributed by atoms with E-state index in [0.29, 0.717) is 13.0 Å². The number of nitrogens with one attached hydrogen (secondary N) is 1. The van der Waals surface area contributed by atoms with E-state index < -0.39 is 6.04 Å². The quantitative estimate of drug-likeness (QED) is 0.578. The first-order chi connectivity index (χ1) is 6.43. The average molecular weight is 202 g/mol. The highest BCUT2D eigenvalue weighted by Gasteiger charge is 2.19. The monoisotopic (exact) mass is 202 g/mol. The van der Waals surface area contributed by atoms with Crippen molar-refractivity contribution in [3.63, 3.8) is 0 Å². The number of aliphatic hydroxyl groups is 1. The van der Waals surface area contributed by atoms with E-state index in [-0.39, 0.29) is 17.9 Å². The van der Waals surface area contributed by atoms with Gasteiger partial charge in [0.05, 0.1) is 6.04 Å². The first-order valence-electron chi connectivity index (χ1n) is 5.07. The van der Waals surface area contributed by atoms with E-state index in [0.717, 1.165) is 6.42 Å². The molecule has 0 unspecified atom stereocenters. The molecular formula is C10H22N2O2. The first-order valence-corrected chi connectivity index (χ1v) is 5.07. The maximum Gasteiger partial charge on any atom is 0.236 e. The summed E-state index contributed by atoms with van der Waals surface area (Å²) in [4.78, 5) is 11.4. The number of nitrogens with two attached hydrogens (primary N) is 1. The topological polar surface area (TPSA) is 75.4 Å². The van der Waals surface area contributed by atoms with Crippen LogP contribution < -0.4 is 11.1 Å². The minimum absolute atomic E-state index is 0.0519. The third-order valence-electron chi connectivity index (χ3n) is 2.11. The molecule has 0 aliphatic carbocycles. The van der Waals surface area contributed by atoms with Gasteiger partial charge in [0.1, 0.15) is 0 Å². The van der Waals surface area contributed by atoms with Gasteiger partial charge in [-0.1, -0.05) is 27.2 Å². The van der Waals surface area contributed by atoms with E-state index in [1.165, 1.54) is 0 Å². The molecule has 0 aromatic rings. The predicted molar refractivity (Wildman–Crippen MR) is 56.8 cm³/mol. The third kappa shape index (κ3) is 5.19. The fourth-order valence-corrected chi connectivity index (χ4v) is 0.955. The second kappa shape index (κ2) is 5.98. The lowest BCUT2D eigenvalue weighted by Gasteiger charge is -2.22. The van der Waals surface area contributed by atoms with Gasteiger partial charge >= 0.3 is 0 Å². The minimum Gasteiger partial charge on any atom is -0.396 e. The van der Waals surface area contributed by atoms with Crippen LogP contribution in [0.5, 0.6) is 0 Å². The number of carbonyl (C=O) groups is 1. The Labute approximate surface area is 85.9 Å². The van der Waals surface area contributed by atoms with Crippen LogP contribution in [0.1, 0.15) is 33.6 Å². The lowest BCUT2D eigenvalue weighted by Crippen LogP contribution is -2.44. The van der Waals surface area contributed by atoms with Gasteiger partial charge in [0.15, 0.2) is 0 Å². The van der Waals surface area contributed by atoms with Gasteiger partial charge in [-0.05, 0) is 6.42 Å². The largest absolute Gasteiger partial charge is 0.396 e. The van der Waals surface area contributed by atoms with Crippen molar-refractivity contribution in [3.05, 3.63) is 0 Å². The number of aliphatic hydroxyl groups excluding tert-OH is 1. The number of hydrogen-bond acceptors (Lipinski definition) is 3. The highest BCUT2D eigenvalue weighted by molar-refractivity contribution is 5.81. The highest BCUT2D eigenvalue weighted by atomic mass is 16.3. The molecule has 4 N–H and O–H groups in total. The van der Waals surface area contributed by atoms with E-state index >= 15 is 0 Å². The lowest BCUT2D eigenvalue weighted by molar-refractivity contribution is -0.123. The zero-order chi connectivity index (χ0) is 11.2. The molecule has 4 nitrogen and oxygen atoms in total. The molecule has 0 radical (unpaired) electrons. The van der Waals surface area contributed by atoms with E-state index in [1.807, 2.05) is 20.8 Å². The van der Waals surface area contributed by atoms with Crippen LogP contribution >= 0.6 is 0 Å². The first kappa shape index (κ1) is 13.4. The van der Waals surface area contributed by atoms with Gasteiger partial charge in [-0.15, -0.1) is 0 Å². The summed E-state index contributed by atoms with van der Waals surface area (Å²) in [6.45, 7) is 6.28. The van der Waals surface area contributed by atoms with Gasteiger partial charge in [0.2, 0.25) is 5.91 Å². The maximum atomic E-state index is 11.4. The van der Waals surface area contributed by atoms with Crippen LogP contribution in [0.25, 0.3) is 0 Å². The number of rotatable bonds is 6. The molecule has 0 bridgehead atoms. The number of carbonyl (C=O) groups excluding carboxylic acids is 1. The van der Waals surface area contributed by atoms with Gasteiger partial charge in [0, 0.05) is 18.6 Å². The smallest absolute Gasteiger partial charge is 0.236 e. The molecule has 0 heterocycles. The molecule has 0 aliphatic rings. The Balaban J connectivity index is 3.84. The molecule has 14 heavy (non-hydrogen) atoms. The molecule has 0 saturated carbocycles. The van der Waals surface area contributed by atoms with Crippen LogP contribution in [-0.2, 0) is 4.79 Å². The Bertz CT molecular complexity index is 181. The van der Waals surface area contributed by atoms with Crippen molar-refractivity contribution >= 4 is 5.91 Å². The zero-order valence-electron chi connectivity index (χ0n) is 9.34. The van der Waals surface area contributed by atoms with Crippen LogP contribution in [0.15, 0.2) is 0 Å². The van der Waals surface area contributed by atoms with E-state index in [4.69, 9.17) is 10.8 Å². The molecule has 0 aromatic heterocycles. The number of amides is 1. The molecule has 0 rings (SSSR count). The van der Waals surface area contributed by atoms with Gasteiger partial charge < -0.3 is 16.2 Å². The van der Waals surface area contributed by atoms with Crippen molar-refractivity contribution < 1.29 is 9.90 Å². The third-order valence-corrected chi connectivity index (χ3v) is 2.11. The molecule has 1 amide bonds. The SMILES string of the molecule is CCC[C@@H](N)C(=O)NCC(C)(C)CO. The van der Waals surface area contributed by atoms with Crippen LogP contribution in [0.3, 0.4) is 0 Å². The van der Waals surface area contributed by atoms with Crippen molar-refractivity contribution in [1.82, 2.24) is 5.32 Å². The molecule has 0 fully saturated rings. The fraction of sp³-hybridized carbons (Fsp3) is 0.900. The van der Waals surface area contributed by atoms with Crippen molar-refractivity contribution in [3.8, 4) is 0 Å². The summed E-state index contributed by atoms with van der Waals surface area (Å²) < 4.78 is 0. The van der Waals surface area contributed by atoms with Crippen LogP contribution in [0.4, 0.5) is 0 Å².